The molecule has 3 rings (SSSR count). The van der Waals surface area contributed by atoms with Gasteiger partial charge < -0.3 is 9.47 Å². The lowest BCUT2D eigenvalue weighted by Gasteiger charge is -2.13. The van der Waals surface area contributed by atoms with Gasteiger partial charge in [0.15, 0.2) is 0 Å². The predicted molar refractivity (Wildman–Crippen MR) is 97.2 cm³/mol. The van der Waals surface area contributed by atoms with Crippen molar-refractivity contribution in [3.63, 3.8) is 0 Å². The molecule has 0 saturated heterocycles. The van der Waals surface area contributed by atoms with E-state index in [9.17, 15) is 13.2 Å². The van der Waals surface area contributed by atoms with Crippen LogP contribution >= 0.6 is 0 Å². The number of aromatic nitrogens is 1. The van der Waals surface area contributed by atoms with E-state index in [1.165, 1.54) is 18.2 Å². The quantitative estimate of drug-likeness (QED) is 0.543. The molecule has 6 heteroatoms. The molecule has 3 nitrogen and oxygen atoms in total. The summed E-state index contributed by atoms with van der Waals surface area (Å²) in [7, 11) is 0. The number of benzene rings is 2. The zero-order valence-corrected chi connectivity index (χ0v) is 14.2. The smallest absolute Gasteiger partial charge is 0.473 e. The summed E-state index contributed by atoms with van der Waals surface area (Å²) in [5.74, 6) is 0.123. The SMILES string of the molecule is C=Cc1ccc(OC(F)(F)F)cc1-c1ccc(OCc2ccccc2)nc1. The van der Waals surface area contributed by atoms with Gasteiger partial charge in [0.1, 0.15) is 12.4 Å². The van der Waals surface area contributed by atoms with Gasteiger partial charge in [-0.1, -0.05) is 49.1 Å². The lowest BCUT2D eigenvalue weighted by molar-refractivity contribution is -0.274. The summed E-state index contributed by atoms with van der Waals surface area (Å²) in [6.07, 6.45) is -1.65. The summed E-state index contributed by atoms with van der Waals surface area (Å²) in [5, 5.41) is 0. The number of alkyl halides is 3. The first kappa shape index (κ1) is 18.5. The Morgan fingerprint density at radius 1 is 1.00 bits per heavy atom. The summed E-state index contributed by atoms with van der Waals surface area (Å²) < 4.78 is 47.0. The Morgan fingerprint density at radius 3 is 2.41 bits per heavy atom. The fourth-order valence-corrected chi connectivity index (χ4v) is 2.52. The number of hydrogen-bond acceptors (Lipinski definition) is 3. The van der Waals surface area contributed by atoms with Crippen molar-refractivity contribution in [1.82, 2.24) is 4.98 Å². The van der Waals surface area contributed by atoms with Crippen LogP contribution < -0.4 is 9.47 Å². The molecule has 138 valence electrons. The second kappa shape index (κ2) is 7.95. The Bertz CT molecular complexity index is 907. The molecular weight excluding hydrogens is 355 g/mol. The second-order valence-corrected chi connectivity index (χ2v) is 5.66. The van der Waals surface area contributed by atoms with Gasteiger partial charge in [0.25, 0.3) is 0 Å². The third-order valence-corrected chi connectivity index (χ3v) is 3.76. The minimum atomic E-state index is -4.75. The molecule has 0 unspecified atom stereocenters. The molecule has 0 N–H and O–H groups in total. The maximum atomic E-state index is 12.5. The molecule has 3 aromatic rings. The van der Waals surface area contributed by atoms with Crippen LogP contribution in [-0.2, 0) is 6.61 Å². The molecule has 0 atom stereocenters. The molecule has 2 aromatic carbocycles. The lowest BCUT2D eigenvalue weighted by atomic mass is 10.0. The highest BCUT2D eigenvalue weighted by molar-refractivity contribution is 5.75. The van der Waals surface area contributed by atoms with E-state index in [1.807, 2.05) is 30.3 Å². The van der Waals surface area contributed by atoms with Crippen LogP contribution in [0.1, 0.15) is 11.1 Å². The molecule has 0 aliphatic heterocycles. The molecule has 0 saturated carbocycles. The van der Waals surface area contributed by atoms with Gasteiger partial charge in [-0.2, -0.15) is 0 Å². The predicted octanol–water partition coefficient (Wildman–Crippen LogP) is 5.87. The molecule has 0 aliphatic rings. The Hall–Kier alpha value is -3.28. The fourth-order valence-electron chi connectivity index (χ4n) is 2.52. The highest BCUT2D eigenvalue weighted by Gasteiger charge is 2.31. The number of pyridine rings is 1. The summed E-state index contributed by atoms with van der Waals surface area (Å²) in [5.41, 5.74) is 2.84. The van der Waals surface area contributed by atoms with Crippen molar-refractivity contribution in [1.29, 1.82) is 0 Å². The van der Waals surface area contributed by atoms with Gasteiger partial charge in [0, 0.05) is 17.8 Å². The molecule has 1 aromatic heterocycles. The van der Waals surface area contributed by atoms with Crippen molar-refractivity contribution in [2.45, 2.75) is 13.0 Å². The van der Waals surface area contributed by atoms with Crippen molar-refractivity contribution < 1.29 is 22.6 Å². The Morgan fingerprint density at radius 2 is 1.78 bits per heavy atom. The average molecular weight is 371 g/mol. The molecule has 1 heterocycles. The van der Waals surface area contributed by atoms with Crippen LogP contribution in [0, 0.1) is 0 Å². The summed E-state index contributed by atoms with van der Waals surface area (Å²) in [4.78, 5) is 4.23. The minimum Gasteiger partial charge on any atom is -0.473 e. The first-order chi connectivity index (χ1) is 12.9. The first-order valence-electron chi connectivity index (χ1n) is 8.10. The normalized spacial score (nSPS) is 11.1. The molecule has 0 aliphatic carbocycles. The maximum Gasteiger partial charge on any atom is 0.573 e. The molecule has 0 spiro atoms. The standard InChI is InChI=1S/C21H16F3NO2/c1-2-16-8-10-18(27-21(22,23)24)12-19(16)17-9-11-20(25-13-17)26-14-15-6-4-3-5-7-15/h2-13H,1,14H2. The lowest BCUT2D eigenvalue weighted by Crippen LogP contribution is -2.17. The van der Waals surface area contributed by atoms with Crippen LogP contribution in [0.4, 0.5) is 13.2 Å². The van der Waals surface area contributed by atoms with E-state index in [4.69, 9.17) is 4.74 Å². The van der Waals surface area contributed by atoms with E-state index in [0.717, 1.165) is 5.56 Å². The van der Waals surface area contributed by atoms with Gasteiger partial charge in [0.2, 0.25) is 5.88 Å². The van der Waals surface area contributed by atoms with Crippen molar-refractivity contribution in [3.8, 4) is 22.8 Å². The van der Waals surface area contributed by atoms with Gasteiger partial charge in [-0.15, -0.1) is 13.2 Å². The number of hydrogen-bond donors (Lipinski definition) is 0. The van der Waals surface area contributed by atoms with Crippen molar-refractivity contribution >= 4 is 6.08 Å². The van der Waals surface area contributed by atoms with Crippen LogP contribution in [-0.4, -0.2) is 11.3 Å². The van der Waals surface area contributed by atoms with Gasteiger partial charge in [-0.25, -0.2) is 4.98 Å². The van der Waals surface area contributed by atoms with Gasteiger partial charge in [-0.3, -0.25) is 0 Å². The van der Waals surface area contributed by atoms with E-state index in [2.05, 4.69) is 16.3 Å². The number of halogens is 3. The number of nitrogens with zero attached hydrogens (tertiary/aromatic N) is 1. The molecular formula is C21H16F3NO2. The van der Waals surface area contributed by atoms with Gasteiger partial charge >= 0.3 is 6.36 Å². The minimum absolute atomic E-state index is 0.299. The molecule has 0 fully saturated rings. The third-order valence-electron chi connectivity index (χ3n) is 3.76. The van der Waals surface area contributed by atoms with Crippen LogP contribution in [0.2, 0.25) is 0 Å². The molecule has 0 amide bonds. The van der Waals surface area contributed by atoms with Gasteiger partial charge in [0.05, 0.1) is 0 Å². The maximum absolute atomic E-state index is 12.5. The zero-order valence-electron chi connectivity index (χ0n) is 14.2. The Kier molecular flexibility index (Phi) is 5.45. The third kappa shape index (κ3) is 5.10. The summed E-state index contributed by atoms with van der Waals surface area (Å²) >= 11 is 0. The Balaban J connectivity index is 1.79. The molecule has 0 radical (unpaired) electrons. The van der Waals surface area contributed by atoms with Crippen LogP contribution in [0.5, 0.6) is 11.6 Å². The van der Waals surface area contributed by atoms with E-state index in [0.29, 0.717) is 29.2 Å². The Labute approximate surface area is 154 Å². The number of ether oxygens (including phenoxy) is 2. The number of rotatable bonds is 6. The summed E-state index contributed by atoms with van der Waals surface area (Å²) in [6.45, 7) is 4.07. The van der Waals surface area contributed by atoms with E-state index >= 15 is 0 Å². The first-order valence-corrected chi connectivity index (χ1v) is 8.10. The van der Waals surface area contributed by atoms with Gasteiger partial charge in [-0.05, 0) is 34.9 Å². The van der Waals surface area contributed by atoms with Crippen molar-refractivity contribution in [2.24, 2.45) is 0 Å². The van der Waals surface area contributed by atoms with Crippen LogP contribution in [0.3, 0.4) is 0 Å². The largest absolute Gasteiger partial charge is 0.573 e. The zero-order chi connectivity index (χ0) is 19.3. The van der Waals surface area contributed by atoms with Crippen LogP contribution in [0.25, 0.3) is 17.2 Å². The van der Waals surface area contributed by atoms with E-state index < -0.39 is 6.36 Å². The van der Waals surface area contributed by atoms with E-state index in [1.54, 1.807) is 24.4 Å². The van der Waals surface area contributed by atoms with Crippen molar-refractivity contribution in [3.05, 3.63) is 84.6 Å². The van der Waals surface area contributed by atoms with Crippen LogP contribution in [0.15, 0.2) is 73.4 Å². The van der Waals surface area contributed by atoms with Crippen molar-refractivity contribution in [2.75, 3.05) is 0 Å². The average Bonchev–Trinajstić information content (AvgIpc) is 2.66. The monoisotopic (exact) mass is 371 g/mol. The molecule has 27 heavy (non-hydrogen) atoms. The fraction of sp³-hybridized carbons (Fsp3) is 0.0952. The van der Waals surface area contributed by atoms with E-state index in [-0.39, 0.29) is 5.75 Å². The summed E-state index contributed by atoms with van der Waals surface area (Å²) in [6, 6.07) is 17.1. The molecule has 0 bridgehead atoms. The topological polar surface area (TPSA) is 31.4 Å². The second-order valence-electron chi connectivity index (χ2n) is 5.66. The highest BCUT2D eigenvalue weighted by atomic mass is 19.4. The highest BCUT2D eigenvalue weighted by Crippen LogP contribution is 2.31.